The van der Waals surface area contributed by atoms with E-state index in [0.717, 1.165) is 39.1 Å². The quantitative estimate of drug-likeness (QED) is 0.717. The minimum Gasteiger partial charge on any atom is -0.340 e. The maximum atomic E-state index is 12.5. The van der Waals surface area contributed by atoms with E-state index in [2.05, 4.69) is 29.2 Å². The second kappa shape index (κ2) is 5.99. The number of amides is 1. The summed E-state index contributed by atoms with van der Waals surface area (Å²) < 4.78 is 0. The summed E-state index contributed by atoms with van der Waals surface area (Å²) in [7, 11) is 6.18. The number of nitrogens with one attached hydrogen (secondary N) is 1. The number of carbonyl (C=O) groups is 1. The molecule has 2 heterocycles. The number of hydrogen-bond acceptors (Lipinski definition) is 4. The summed E-state index contributed by atoms with van der Waals surface area (Å²) in [5.74, 6) is 0.252. The molecule has 2 aliphatic heterocycles. The molecule has 2 fully saturated rings. The number of likely N-dealkylation sites (tertiary alicyclic amines) is 1. The van der Waals surface area contributed by atoms with Crippen molar-refractivity contribution in [3.05, 3.63) is 0 Å². The molecule has 0 aliphatic carbocycles. The second-order valence-corrected chi connectivity index (χ2v) is 5.78. The lowest BCUT2D eigenvalue weighted by molar-refractivity contribution is -0.136. The first kappa shape index (κ1) is 13.8. The minimum absolute atomic E-state index is 0.0269. The first-order valence-corrected chi connectivity index (χ1v) is 6.95. The van der Waals surface area contributed by atoms with E-state index in [1.54, 1.807) is 0 Å². The highest BCUT2D eigenvalue weighted by molar-refractivity contribution is 5.82. The molecule has 5 heteroatoms. The van der Waals surface area contributed by atoms with E-state index in [1.165, 1.54) is 6.42 Å². The van der Waals surface area contributed by atoms with Crippen LogP contribution in [0, 0.1) is 0 Å². The molecule has 2 atom stereocenters. The molecule has 0 spiro atoms. The zero-order chi connectivity index (χ0) is 13.1. The molecule has 2 unspecified atom stereocenters. The van der Waals surface area contributed by atoms with Gasteiger partial charge in [0.15, 0.2) is 0 Å². The number of piperazine rings is 1. The van der Waals surface area contributed by atoms with Crippen LogP contribution in [0.3, 0.4) is 0 Å². The Hall–Kier alpha value is -0.650. The summed E-state index contributed by atoms with van der Waals surface area (Å²) in [5.41, 5.74) is 0. The summed E-state index contributed by atoms with van der Waals surface area (Å²) in [6.07, 6.45) is 2.33. The zero-order valence-corrected chi connectivity index (χ0v) is 11.9. The number of likely N-dealkylation sites (N-methyl/N-ethyl adjacent to an activating group) is 3. The molecular formula is C13H26N4O. The Balaban J connectivity index is 1.91. The van der Waals surface area contributed by atoms with E-state index in [0.29, 0.717) is 6.04 Å². The van der Waals surface area contributed by atoms with E-state index in [9.17, 15) is 4.79 Å². The summed E-state index contributed by atoms with van der Waals surface area (Å²) in [4.78, 5) is 19.0. The highest BCUT2D eigenvalue weighted by atomic mass is 16.2. The third-order valence-corrected chi connectivity index (χ3v) is 4.17. The van der Waals surface area contributed by atoms with Crippen molar-refractivity contribution in [2.75, 3.05) is 53.9 Å². The number of hydrogen-bond donors (Lipinski definition) is 1. The third kappa shape index (κ3) is 3.22. The molecule has 1 amide bonds. The molecule has 0 saturated carbocycles. The number of carbonyl (C=O) groups excluding carboxylic acids is 1. The Morgan fingerprint density at radius 2 is 1.94 bits per heavy atom. The summed E-state index contributed by atoms with van der Waals surface area (Å²) in [6, 6.07) is 0.353. The number of nitrogens with zero attached hydrogens (tertiary/aromatic N) is 3. The maximum Gasteiger partial charge on any atom is 0.241 e. The van der Waals surface area contributed by atoms with Crippen molar-refractivity contribution < 1.29 is 4.79 Å². The van der Waals surface area contributed by atoms with Gasteiger partial charge in [0.2, 0.25) is 5.91 Å². The van der Waals surface area contributed by atoms with Crippen LogP contribution < -0.4 is 5.32 Å². The summed E-state index contributed by atoms with van der Waals surface area (Å²) in [6.45, 7) is 4.92. The zero-order valence-electron chi connectivity index (χ0n) is 11.9. The van der Waals surface area contributed by atoms with Crippen LogP contribution in [0.1, 0.15) is 12.8 Å². The van der Waals surface area contributed by atoms with Gasteiger partial charge in [-0.2, -0.15) is 0 Å². The van der Waals surface area contributed by atoms with Crippen molar-refractivity contribution >= 4 is 5.91 Å². The fraction of sp³-hybridized carbons (Fsp3) is 0.923. The van der Waals surface area contributed by atoms with Crippen LogP contribution in [-0.4, -0.2) is 86.6 Å². The van der Waals surface area contributed by atoms with Crippen molar-refractivity contribution in [1.29, 1.82) is 0 Å². The standard InChI is InChI=1S/C13H26N4O/c1-15-7-4-5-11(9-15)17(3)13(18)12-10-16(2)8-6-14-12/h11-12,14H,4-10H2,1-3H3. The topological polar surface area (TPSA) is 38.8 Å². The van der Waals surface area contributed by atoms with Gasteiger partial charge in [0.1, 0.15) is 0 Å². The van der Waals surface area contributed by atoms with Gasteiger partial charge < -0.3 is 20.0 Å². The van der Waals surface area contributed by atoms with E-state index in [4.69, 9.17) is 0 Å². The monoisotopic (exact) mass is 254 g/mol. The van der Waals surface area contributed by atoms with E-state index in [-0.39, 0.29) is 11.9 Å². The molecule has 5 nitrogen and oxygen atoms in total. The highest BCUT2D eigenvalue weighted by Crippen LogP contribution is 2.14. The lowest BCUT2D eigenvalue weighted by Gasteiger charge is -2.39. The van der Waals surface area contributed by atoms with Gasteiger partial charge in [0.05, 0.1) is 6.04 Å². The third-order valence-electron chi connectivity index (χ3n) is 4.17. The van der Waals surface area contributed by atoms with Crippen LogP contribution in [0.25, 0.3) is 0 Å². The molecule has 0 radical (unpaired) electrons. The van der Waals surface area contributed by atoms with E-state index in [1.807, 2.05) is 11.9 Å². The second-order valence-electron chi connectivity index (χ2n) is 5.78. The minimum atomic E-state index is -0.0269. The first-order valence-electron chi connectivity index (χ1n) is 6.95. The Morgan fingerprint density at radius 3 is 2.61 bits per heavy atom. The number of piperidine rings is 1. The van der Waals surface area contributed by atoms with Gasteiger partial charge in [-0.05, 0) is 33.5 Å². The van der Waals surface area contributed by atoms with E-state index < -0.39 is 0 Å². The van der Waals surface area contributed by atoms with Crippen LogP contribution in [0.4, 0.5) is 0 Å². The van der Waals surface area contributed by atoms with Crippen molar-refractivity contribution in [2.24, 2.45) is 0 Å². The van der Waals surface area contributed by atoms with Gasteiger partial charge in [0.25, 0.3) is 0 Å². The fourth-order valence-electron chi connectivity index (χ4n) is 2.94. The van der Waals surface area contributed by atoms with Crippen LogP contribution in [-0.2, 0) is 4.79 Å². The van der Waals surface area contributed by atoms with Crippen LogP contribution in [0.15, 0.2) is 0 Å². The molecule has 2 aliphatic rings. The van der Waals surface area contributed by atoms with Crippen LogP contribution in [0.2, 0.25) is 0 Å². The summed E-state index contributed by atoms with van der Waals surface area (Å²) >= 11 is 0. The van der Waals surface area contributed by atoms with Gasteiger partial charge in [-0.15, -0.1) is 0 Å². The fourth-order valence-corrected chi connectivity index (χ4v) is 2.94. The molecule has 0 bridgehead atoms. The van der Waals surface area contributed by atoms with Crippen LogP contribution >= 0.6 is 0 Å². The molecular weight excluding hydrogens is 228 g/mol. The predicted octanol–water partition coefficient (Wildman–Crippen LogP) is -0.557. The number of rotatable bonds is 2. The maximum absolute atomic E-state index is 12.5. The highest BCUT2D eigenvalue weighted by Gasteiger charge is 2.30. The Kier molecular flexibility index (Phi) is 4.59. The molecule has 0 aromatic heterocycles. The van der Waals surface area contributed by atoms with Gasteiger partial charge in [0, 0.05) is 39.3 Å². The summed E-state index contributed by atoms with van der Waals surface area (Å²) in [5, 5.41) is 3.33. The SMILES string of the molecule is CN1CCNC(C(=O)N(C)C2CCCN(C)C2)C1. The average Bonchev–Trinajstić information content (AvgIpc) is 2.37. The molecule has 104 valence electrons. The molecule has 0 aromatic rings. The molecule has 2 saturated heterocycles. The van der Waals surface area contributed by atoms with Gasteiger partial charge in [-0.25, -0.2) is 0 Å². The van der Waals surface area contributed by atoms with Crippen LogP contribution in [0.5, 0.6) is 0 Å². The average molecular weight is 254 g/mol. The van der Waals surface area contributed by atoms with Crippen molar-refractivity contribution in [3.8, 4) is 0 Å². The Morgan fingerprint density at radius 1 is 1.22 bits per heavy atom. The van der Waals surface area contributed by atoms with Crippen molar-refractivity contribution in [2.45, 2.75) is 24.9 Å². The lowest BCUT2D eigenvalue weighted by Crippen LogP contribution is -2.59. The Labute approximate surface area is 110 Å². The molecule has 2 rings (SSSR count). The van der Waals surface area contributed by atoms with Crippen molar-refractivity contribution in [1.82, 2.24) is 20.0 Å². The molecule has 1 N–H and O–H groups in total. The normalized spacial score (nSPS) is 31.3. The van der Waals surface area contributed by atoms with Gasteiger partial charge >= 0.3 is 0 Å². The Bertz CT molecular complexity index is 297. The molecule has 18 heavy (non-hydrogen) atoms. The molecule has 0 aromatic carbocycles. The van der Waals surface area contributed by atoms with E-state index >= 15 is 0 Å². The van der Waals surface area contributed by atoms with Gasteiger partial charge in [-0.3, -0.25) is 4.79 Å². The van der Waals surface area contributed by atoms with Gasteiger partial charge in [-0.1, -0.05) is 0 Å². The predicted molar refractivity (Wildman–Crippen MR) is 72.6 cm³/mol. The lowest BCUT2D eigenvalue weighted by atomic mass is 10.0. The first-order chi connectivity index (χ1) is 8.58. The smallest absolute Gasteiger partial charge is 0.241 e. The largest absolute Gasteiger partial charge is 0.340 e. The van der Waals surface area contributed by atoms with Crippen molar-refractivity contribution in [3.63, 3.8) is 0 Å².